The van der Waals surface area contributed by atoms with E-state index in [1.165, 1.54) is 0 Å². The number of benzene rings is 2. The lowest BCUT2D eigenvalue weighted by atomic mass is 10.2. The molecule has 2 N–H and O–H groups in total. The lowest BCUT2D eigenvalue weighted by molar-refractivity contribution is -0.117. The van der Waals surface area contributed by atoms with Gasteiger partial charge in [-0.3, -0.25) is 9.69 Å². The van der Waals surface area contributed by atoms with Crippen molar-refractivity contribution in [1.82, 2.24) is 4.90 Å². The van der Waals surface area contributed by atoms with Crippen LogP contribution < -0.4 is 10.2 Å². The number of carbonyl (C=O) groups excluding carboxylic acids is 1. The molecule has 0 atom stereocenters. The third-order valence-corrected chi connectivity index (χ3v) is 4.66. The molecule has 1 aliphatic rings. The highest BCUT2D eigenvalue weighted by atomic mass is 35.5. The minimum Gasteiger partial charge on any atom is -0.508 e. The van der Waals surface area contributed by atoms with E-state index in [9.17, 15) is 9.90 Å². The number of anilines is 2. The van der Waals surface area contributed by atoms with E-state index in [0.717, 1.165) is 43.1 Å². The first-order valence-corrected chi connectivity index (χ1v) is 8.71. The summed E-state index contributed by atoms with van der Waals surface area (Å²) in [5.74, 6) is 0.249. The molecule has 3 rings (SSSR count). The Bertz CT molecular complexity index is 741. The molecule has 0 radical (unpaired) electrons. The van der Waals surface area contributed by atoms with Gasteiger partial charge in [0.05, 0.1) is 6.54 Å². The number of phenols is 1. The van der Waals surface area contributed by atoms with Gasteiger partial charge in [-0.15, -0.1) is 0 Å². The zero-order chi connectivity index (χ0) is 17.8. The molecule has 25 heavy (non-hydrogen) atoms. The largest absolute Gasteiger partial charge is 0.508 e. The second kappa shape index (κ2) is 7.76. The highest BCUT2D eigenvalue weighted by molar-refractivity contribution is 6.31. The average molecular weight is 360 g/mol. The van der Waals surface area contributed by atoms with E-state index in [1.807, 2.05) is 31.2 Å². The van der Waals surface area contributed by atoms with Crippen molar-refractivity contribution in [2.24, 2.45) is 0 Å². The molecule has 0 spiro atoms. The van der Waals surface area contributed by atoms with Gasteiger partial charge in [0.1, 0.15) is 5.75 Å². The van der Waals surface area contributed by atoms with Crippen molar-refractivity contribution in [2.75, 3.05) is 42.9 Å². The Morgan fingerprint density at radius 1 is 1.12 bits per heavy atom. The van der Waals surface area contributed by atoms with Gasteiger partial charge in [-0.25, -0.2) is 0 Å². The first-order valence-electron chi connectivity index (χ1n) is 8.33. The van der Waals surface area contributed by atoms with Crippen LogP contribution in [0.25, 0.3) is 0 Å². The zero-order valence-electron chi connectivity index (χ0n) is 14.2. The molecule has 1 saturated heterocycles. The Labute approximate surface area is 152 Å². The summed E-state index contributed by atoms with van der Waals surface area (Å²) in [5.41, 5.74) is 2.85. The van der Waals surface area contributed by atoms with Crippen LogP contribution in [0.2, 0.25) is 5.02 Å². The lowest BCUT2D eigenvalue weighted by Gasteiger charge is -2.35. The molecule has 2 aromatic carbocycles. The van der Waals surface area contributed by atoms with E-state index in [2.05, 4.69) is 15.1 Å². The number of aromatic hydroxyl groups is 1. The predicted molar refractivity (Wildman–Crippen MR) is 102 cm³/mol. The summed E-state index contributed by atoms with van der Waals surface area (Å²) in [4.78, 5) is 16.7. The quantitative estimate of drug-likeness (QED) is 0.880. The smallest absolute Gasteiger partial charge is 0.238 e. The van der Waals surface area contributed by atoms with E-state index in [4.69, 9.17) is 11.6 Å². The maximum absolute atomic E-state index is 12.3. The highest BCUT2D eigenvalue weighted by Crippen LogP contribution is 2.21. The summed E-state index contributed by atoms with van der Waals surface area (Å²) < 4.78 is 0. The number of piperazine rings is 1. The number of amides is 1. The van der Waals surface area contributed by atoms with Crippen LogP contribution in [-0.2, 0) is 4.79 Å². The van der Waals surface area contributed by atoms with Crippen molar-refractivity contribution in [3.05, 3.63) is 53.1 Å². The number of halogens is 1. The highest BCUT2D eigenvalue weighted by Gasteiger charge is 2.19. The molecule has 0 saturated carbocycles. The Morgan fingerprint density at radius 2 is 1.80 bits per heavy atom. The monoisotopic (exact) mass is 359 g/mol. The van der Waals surface area contributed by atoms with Crippen LogP contribution in [-0.4, -0.2) is 48.6 Å². The first-order chi connectivity index (χ1) is 12.0. The average Bonchev–Trinajstić information content (AvgIpc) is 2.59. The van der Waals surface area contributed by atoms with Gasteiger partial charge < -0.3 is 15.3 Å². The SMILES string of the molecule is Cc1ccc(Cl)cc1NC(=O)CN1CCN(c2ccc(O)cc2)CC1. The van der Waals surface area contributed by atoms with E-state index in [0.29, 0.717) is 11.6 Å². The number of hydrogen-bond acceptors (Lipinski definition) is 4. The molecule has 132 valence electrons. The number of nitrogens with zero attached hydrogens (tertiary/aromatic N) is 2. The van der Waals surface area contributed by atoms with Gasteiger partial charge >= 0.3 is 0 Å². The fraction of sp³-hybridized carbons (Fsp3) is 0.316. The van der Waals surface area contributed by atoms with Gasteiger partial charge in [0.25, 0.3) is 0 Å². The number of carbonyl (C=O) groups is 1. The molecular weight excluding hydrogens is 338 g/mol. The van der Waals surface area contributed by atoms with Gasteiger partial charge in [-0.05, 0) is 48.9 Å². The van der Waals surface area contributed by atoms with Crippen LogP contribution >= 0.6 is 11.6 Å². The van der Waals surface area contributed by atoms with Gasteiger partial charge in [0, 0.05) is 42.6 Å². The summed E-state index contributed by atoms with van der Waals surface area (Å²) in [7, 11) is 0. The van der Waals surface area contributed by atoms with Crippen molar-refractivity contribution in [3.8, 4) is 5.75 Å². The molecule has 0 aliphatic carbocycles. The van der Waals surface area contributed by atoms with E-state index < -0.39 is 0 Å². The maximum Gasteiger partial charge on any atom is 0.238 e. The van der Waals surface area contributed by atoms with Gasteiger partial charge in [-0.1, -0.05) is 17.7 Å². The van der Waals surface area contributed by atoms with Gasteiger partial charge in [0.15, 0.2) is 0 Å². The fourth-order valence-electron chi connectivity index (χ4n) is 2.95. The minimum absolute atomic E-state index is 0.0246. The molecule has 5 nitrogen and oxygen atoms in total. The second-order valence-electron chi connectivity index (χ2n) is 6.29. The molecule has 0 aromatic heterocycles. The molecule has 1 amide bonds. The lowest BCUT2D eigenvalue weighted by Crippen LogP contribution is -2.48. The summed E-state index contributed by atoms with van der Waals surface area (Å²) in [6, 6.07) is 12.7. The van der Waals surface area contributed by atoms with Crippen molar-refractivity contribution in [3.63, 3.8) is 0 Å². The summed E-state index contributed by atoms with van der Waals surface area (Å²) in [5, 5.41) is 12.9. The Morgan fingerprint density at radius 3 is 2.48 bits per heavy atom. The minimum atomic E-state index is -0.0246. The van der Waals surface area contributed by atoms with Crippen LogP contribution in [0.3, 0.4) is 0 Å². The van der Waals surface area contributed by atoms with Gasteiger partial charge in [0.2, 0.25) is 5.91 Å². The Kier molecular flexibility index (Phi) is 5.46. The molecule has 1 fully saturated rings. The Balaban J connectivity index is 1.51. The number of aryl methyl sites for hydroxylation is 1. The van der Waals surface area contributed by atoms with Crippen molar-refractivity contribution in [2.45, 2.75) is 6.92 Å². The molecule has 1 aliphatic heterocycles. The molecule has 0 unspecified atom stereocenters. The molecule has 6 heteroatoms. The molecular formula is C19H22ClN3O2. The number of hydrogen-bond donors (Lipinski definition) is 2. The molecule has 1 heterocycles. The van der Waals surface area contributed by atoms with Gasteiger partial charge in [-0.2, -0.15) is 0 Å². The van der Waals surface area contributed by atoms with Crippen LogP contribution in [0.4, 0.5) is 11.4 Å². The third kappa shape index (κ3) is 4.65. The normalized spacial score (nSPS) is 15.2. The van der Waals surface area contributed by atoms with Crippen molar-refractivity contribution in [1.29, 1.82) is 0 Å². The second-order valence-corrected chi connectivity index (χ2v) is 6.72. The van der Waals surface area contributed by atoms with E-state index in [1.54, 1.807) is 18.2 Å². The van der Waals surface area contributed by atoms with Crippen LogP contribution in [0.1, 0.15) is 5.56 Å². The molecule has 0 bridgehead atoms. The zero-order valence-corrected chi connectivity index (χ0v) is 15.0. The number of rotatable bonds is 4. The maximum atomic E-state index is 12.3. The van der Waals surface area contributed by atoms with Crippen LogP contribution in [0, 0.1) is 6.92 Å². The van der Waals surface area contributed by atoms with E-state index >= 15 is 0 Å². The molecule has 2 aromatic rings. The number of nitrogens with one attached hydrogen (secondary N) is 1. The topological polar surface area (TPSA) is 55.8 Å². The van der Waals surface area contributed by atoms with Crippen molar-refractivity contribution < 1.29 is 9.90 Å². The fourth-order valence-corrected chi connectivity index (χ4v) is 3.12. The van der Waals surface area contributed by atoms with E-state index in [-0.39, 0.29) is 11.7 Å². The summed E-state index contributed by atoms with van der Waals surface area (Å²) in [6.45, 7) is 5.67. The van der Waals surface area contributed by atoms with Crippen LogP contribution in [0.5, 0.6) is 5.75 Å². The third-order valence-electron chi connectivity index (χ3n) is 4.43. The standard InChI is InChI=1S/C19H22ClN3O2/c1-14-2-3-15(20)12-18(14)21-19(25)13-22-8-10-23(11-9-22)16-4-6-17(24)7-5-16/h2-7,12,24H,8-11,13H2,1H3,(H,21,25). The predicted octanol–water partition coefficient (Wildman–Crippen LogP) is 3.11. The number of phenolic OH excluding ortho intramolecular Hbond substituents is 1. The summed E-state index contributed by atoms with van der Waals surface area (Å²) in [6.07, 6.45) is 0. The van der Waals surface area contributed by atoms with Crippen molar-refractivity contribution >= 4 is 28.9 Å². The Hall–Kier alpha value is -2.24. The summed E-state index contributed by atoms with van der Waals surface area (Å²) >= 11 is 5.99. The van der Waals surface area contributed by atoms with Crippen LogP contribution in [0.15, 0.2) is 42.5 Å². The first kappa shape index (κ1) is 17.6.